The van der Waals surface area contributed by atoms with E-state index in [2.05, 4.69) is 24.4 Å². The highest BCUT2D eigenvalue weighted by atomic mass is 14.9. The van der Waals surface area contributed by atoms with Crippen LogP contribution in [0.3, 0.4) is 0 Å². The lowest BCUT2D eigenvalue weighted by atomic mass is 9.84. The molecule has 0 heterocycles. The van der Waals surface area contributed by atoms with Gasteiger partial charge in [0.25, 0.3) is 0 Å². The molecule has 1 saturated carbocycles. The first-order valence-electron chi connectivity index (χ1n) is 6.84. The normalized spacial score (nSPS) is 19.1. The van der Waals surface area contributed by atoms with Crippen molar-refractivity contribution in [2.75, 3.05) is 5.73 Å². The summed E-state index contributed by atoms with van der Waals surface area (Å²) in [5, 5.41) is 3.63. The van der Waals surface area contributed by atoms with Gasteiger partial charge >= 0.3 is 0 Å². The first-order chi connectivity index (χ1) is 8.27. The van der Waals surface area contributed by atoms with E-state index in [1.54, 1.807) is 0 Å². The lowest BCUT2D eigenvalue weighted by Crippen LogP contribution is -2.34. The van der Waals surface area contributed by atoms with E-state index in [-0.39, 0.29) is 0 Å². The highest BCUT2D eigenvalue weighted by Crippen LogP contribution is 2.26. The third-order valence-electron chi connectivity index (χ3n) is 4.03. The quantitative estimate of drug-likeness (QED) is 0.781. The second-order valence-corrected chi connectivity index (χ2v) is 5.27. The van der Waals surface area contributed by atoms with Crippen LogP contribution >= 0.6 is 0 Å². The molecule has 17 heavy (non-hydrogen) atoms. The van der Waals surface area contributed by atoms with Crippen molar-refractivity contribution in [2.45, 2.75) is 51.6 Å². The van der Waals surface area contributed by atoms with Crippen LogP contribution in [-0.2, 0) is 6.54 Å². The van der Waals surface area contributed by atoms with Crippen LogP contribution in [0.2, 0.25) is 0 Å². The second-order valence-electron chi connectivity index (χ2n) is 5.27. The molecule has 0 spiro atoms. The van der Waals surface area contributed by atoms with Crippen LogP contribution < -0.4 is 11.1 Å². The zero-order valence-electron chi connectivity index (χ0n) is 10.8. The van der Waals surface area contributed by atoms with Crippen molar-refractivity contribution < 1.29 is 0 Å². The Morgan fingerprint density at radius 3 is 2.65 bits per heavy atom. The highest BCUT2D eigenvalue weighted by molar-refractivity contribution is 5.46. The average Bonchev–Trinajstić information content (AvgIpc) is 2.38. The molecule has 0 amide bonds. The Bertz CT molecular complexity index is 343. The van der Waals surface area contributed by atoms with Crippen LogP contribution in [-0.4, -0.2) is 6.04 Å². The van der Waals surface area contributed by atoms with E-state index in [0.29, 0.717) is 6.04 Å². The van der Waals surface area contributed by atoms with Crippen LogP contribution in [0.15, 0.2) is 24.3 Å². The molecule has 2 nitrogen and oxygen atoms in total. The van der Waals surface area contributed by atoms with Gasteiger partial charge < -0.3 is 11.1 Å². The summed E-state index contributed by atoms with van der Waals surface area (Å²) in [6, 6.07) is 8.73. The van der Waals surface area contributed by atoms with E-state index < -0.39 is 0 Å². The molecule has 0 bridgehead atoms. The molecule has 2 rings (SSSR count). The van der Waals surface area contributed by atoms with E-state index in [1.807, 2.05) is 12.1 Å². The predicted octanol–water partition coefficient (Wildman–Crippen LogP) is 3.33. The molecule has 0 aliphatic heterocycles. The first kappa shape index (κ1) is 12.4. The number of hydrogen-bond acceptors (Lipinski definition) is 2. The minimum atomic E-state index is 0.606. The van der Waals surface area contributed by atoms with Crippen molar-refractivity contribution in [1.29, 1.82) is 0 Å². The Kier molecular flexibility index (Phi) is 4.43. The Labute approximate surface area is 105 Å². The minimum absolute atomic E-state index is 0.606. The summed E-state index contributed by atoms with van der Waals surface area (Å²) >= 11 is 0. The fourth-order valence-corrected chi connectivity index (χ4v) is 2.77. The molecule has 1 atom stereocenters. The van der Waals surface area contributed by atoms with Crippen LogP contribution in [0.25, 0.3) is 0 Å². The third-order valence-corrected chi connectivity index (χ3v) is 4.03. The van der Waals surface area contributed by atoms with Crippen LogP contribution in [0.5, 0.6) is 0 Å². The molecule has 0 radical (unpaired) electrons. The van der Waals surface area contributed by atoms with Gasteiger partial charge in [-0.2, -0.15) is 0 Å². The monoisotopic (exact) mass is 232 g/mol. The Balaban J connectivity index is 1.83. The van der Waals surface area contributed by atoms with Crippen molar-refractivity contribution in [2.24, 2.45) is 5.92 Å². The molecule has 1 aliphatic rings. The van der Waals surface area contributed by atoms with Gasteiger partial charge in [-0.25, -0.2) is 0 Å². The molecule has 2 heteroatoms. The number of nitrogen functional groups attached to an aromatic ring is 1. The van der Waals surface area contributed by atoms with Gasteiger partial charge in [0.2, 0.25) is 0 Å². The van der Waals surface area contributed by atoms with Crippen LogP contribution in [0.4, 0.5) is 5.69 Å². The van der Waals surface area contributed by atoms with Gasteiger partial charge in [-0.1, -0.05) is 37.5 Å². The van der Waals surface area contributed by atoms with Crippen LogP contribution in [0.1, 0.15) is 44.6 Å². The maximum absolute atomic E-state index is 5.95. The fraction of sp³-hybridized carbons (Fsp3) is 0.600. The number of anilines is 1. The molecule has 1 aliphatic carbocycles. The number of para-hydroxylation sites is 1. The molecule has 1 fully saturated rings. The molecule has 3 N–H and O–H groups in total. The molecule has 94 valence electrons. The van der Waals surface area contributed by atoms with E-state index in [9.17, 15) is 0 Å². The van der Waals surface area contributed by atoms with E-state index in [4.69, 9.17) is 5.73 Å². The number of nitrogens with one attached hydrogen (secondary N) is 1. The smallest absolute Gasteiger partial charge is 0.0359 e. The molecular formula is C15H24N2. The maximum Gasteiger partial charge on any atom is 0.0359 e. The predicted molar refractivity (Wildman–Crippen MR) is 73.7 cm³/mol. The highest BCUT2D eigenvalue weighted by Gasteiger charge is 2.19. The number of hydrogen-bond donors (Lipinski definition) is 2. The Hall–Kier alpha value is -1.02. The minimum Gasteiger partial charge on any atom is -0.398 e. The molecule has 0 saturated heterocycles. The van der Waals surface area contributed by atoms with Gasteiger partial charge in [0.05, 0.1) is 0 Å². The van der Waals surface area contributed by atoms with E-state index >= 15 is 0 Å². The molecule has 1 aromatic rings. The number of nitrogens with two attached hydrogens (primary N) is 1. The zero-order chi connectivity index (χ0) is 12.1. The summed E-state index contributed by atoms with van der Waals surface area (Å²) in [5.74, 6) is 0.855. The molecule has 0 aromatic heterocycles. The SMILES string of the molecule is C[C@H](NCc1ccccc1N)C1CCCCC1. The second kappa shape index (κ2) is 6.06. The summed E-state index contributed by atoms with van der Waals surface area (Å²) < 4.78 is 0. The third kappa shape index (κ3) is 3.47. The standard InChI is InChI=1S/C15H24N2/c1-12(13-7-3-2-4-8-13)17-11-14-9-5-6-10-15(14)16/h5-6,9-10,12-13,17H,2-4,7-8,11,16H2,1H3/t12-/m0/s1. The first-order valence-corrected chi connectivity index (χ1v) is 6.84. The summed E-state index contributed by atoms with van der Waals surface area (Å²) in [5.41, 5.74) is 8.06. The van der Waals surface area contributed by atoms with Crippen LogP contribution in [0, 0.1) is 5.92 Å². The lowest BCUT2D eigenvalue weighted by molar-refractivity contribution is 0.281. The van der Waals surface area contributed by atoms with Crippen molar-refractivity contribution in [3.8, 4) is 0 Å². The van der Waals surface area contributed by atoms with Gasteiger partial charge in [-0.15, -0.1) is 0 Å². The largest absolute Gasteiger partial charge is 0.398 e. The average molecular weight is 232 g/mol. The number of rotatable bonds is 4. The van der Waals surface area contributed by atoms with Crippen molar-refractivity contribution in [3.63, 3.8) is 0 Å². The topological polar surface area (TPSA) is 38.0 Å². The van der Waals surface area contributed by atoms with Crippen molar-refractivity contribution in [3.05, 3.63) is 29.8 Å². The fourth-order valence-electron chi connectivity index (χ4n) is 2.77. The Morgan fingerprint density at radius 1 is 1.24 bits per heavy atom. The van der Waals surface area contributed by atoms with Crippen molar-refractivity contribution >= 4 is 5.69 Å². The lowest BCUT2D eigenvalue weighted by Gasteiger charge is -2.28. The summed E-state index contributed by atoms with van der Waals surface area (Å²) in [6.07, 6.45) is 7.01. The Morgan fingerprint density at radius 2 is 1.94 bits per heavy atom. The van der Waals surface area contributed by atoms with Gasteiger partial charge in [0.1, 0.15) is 0 Å². The molecule has 0 unspecified atom stereocenters. The van der Waals surface area contributed by atoms with E-state index in [1.165, 1.54) is 37.7 Å². The van der Waals surface area contributed by atoms with Gasteiger partial charge in [-0.05, 0) is 37.3 Å². The van der Waals surface area contributed by atoms with Gasteiger partial charge in [-0.3, -0.25) is 0 Å². The summed E-state index contributed by atoms with van der Waals surface area (Å²) in [7, 11) is 0. The van der Waals surface area contributed by atoms with Gasteiger partial charge in [0, 0.05) is 18.3 Å². The summed E-state index contributed by atoms with van der Waals surface area (Å²) in [4.78, 5) is 0. The van der Waals surface area contributed by atoms with Crippen molar-refractivity contribution in [1.82, 2.24) is 5.32 Å². The van der Waals surface area contributed by atoms with E-state index in [0.717, 1.165) is 18.2 Å². The maximum atomic E-state index is 5.95. The molecular weight excluding hydrogens is 208 g/mol. The molecule has 1 aromatic carbocycles. The zero-order valence-corrected chi connectivity index (χ0v) is 10.8. The summed E-state index contributed by atoms with van der Waals surface area (Å²) in [6.45, 7) is 3.21. The van der Waals surface area contributed by atoms with Gasteiger partial charge in [0.15, 0.2) is 0 Å². The number of benzene rings is 1.